The van der Waals surface area contributed by atoms with Gasteiger partial charge < -0.3 is 14.7 Å². The monoisotopic (exact) mass is 413 g/mol. The van der Waals surface area contributed by atoms with Crippen LogP contribution in [-0.2, 0) is 0 Å². The van der Waals surface area contributed by atoms with Crippen LogP contribution in [0.3, 0.4) is 0 Å². The van der Waals surface area contributed by atoms with Gasteiger partial charge in [-0.25, -0.2) is 0 Å². The number of benzene rings is 2. The highest BCUT2D eigenvalue weighted by Gasteiger charge is 2.32. The number of para-hydroxylation sites is 1. The van der Waals surface area contributed by atoms with Gasteiger partial charge in [0.2, 0.25) is 0 Å². The molecule has 5 heteroatoms. The molecule has 0 aliphatic carbocycles. The number of halogens is 1. The second-order valence-electron chi connectivity index (χ2n) is 8.22. The Labute approximate surface area is 177 Å². The third-order valence-electron chi connectivity index (χ3n) is 6.23. The zero-order valence-corrected chi connectivity index (χ0v) is 17.9. The predicted molar refractivity (Wildman–Crippen MR) is 119 cm³/mol. The zero-order chi connectivity index (χ0) is 18.9. The van der Waals surface area contributed by atoms with Crippen LogP contribution >= 0.6 is 23.4 Å². The number of nitrogens with zero attached hydrogens (tertiary/aromatic N) is 3. The molecule has 3 aliphatic rings. The van der Waals surface area contributed by atoms with Gasteiger partial charge in [0.15, 0.2) is 0 Å². The van der Waals surface area contributed by atoms with E-state index in [9.17, 15) is 0 Å². The average Bonchev–Trinajstić information content (AvgIpc) is 3.40. The van der Waals surface area contributed by atoms with Crippen LogP contribution in [0.5, 0.6) is 0 Å². The molecule has 3 aliphatic heterocycles. The Morgan fingerprint density at radius 3 is 2.07 bits per heavy atom. The van der Waals surface area contributed by atoms with Crippen LogP contribution in [0.4, 0.5) is 11.4 Å². The van der Waals surface area contributed by atoms with E-state index in [0.29, 0.717) is 6.04 Å². The van der Waals surface area contributed by atoms with Gasteiger partial charge in [-0.3, -0.25) is 0 Å². The minimum absolute atomic E-state index is 0.440. The first kappa shape index (κ1) is 18.8. The Kier molecular flexibility index (Phi) is 5.56. The molecule has 148 valence electrons. The van der Waals surface area contributed by atoms with Gasteiger partial charge in [-0.05, 0) is 82.2 Å². The normalized spacial score (nSPS) is 20.0. The van der Waals surface area contributed by atoms with Crippen LogP contribution in [0.2, 0.25) is 5.02 Å². The quantitative estimate of drug-likeness (QED) is 0.639. The number of hydrogen-bond donors (Lipinski definition) is 0. The highest BCUT2D eigenvalue weighted by atomic mass is 35.5. The molecular formula is C23H28ClN3S. The minimum atomic E-state index is 0.440. The van der Waals surface area contributed by atoms with E-state index in [0.717, 1.165) is 18.1 Å². The van der Waals surface area contributed by atoms with Crippen molar-refractivity contribution in [1.29, 1.82) is 0 Å². The molecule has 2 saturated heterocycles. The fourth-order valence-electron chi connectivity index (χ4n) is 4.90. The standard InChI is InChI=1S/C23H28ClN3S/c24-18-9-10-23-21(15-18)27(20-7-1-2-8-22(20)28-23)19(16-25-11-3-4-12-25)17-26-13-5-6-14-26/h1-2,7-10,15,19H,3-6,11-14,16-17H2. The topological polar surface area (TPSA) is 9.72 Å². The van der Waals surface area contributed by atoms with Crippen LogP contribution in [-0.4, -0.2) is 55.1 Å². The number of hydrogen-bond acceptors (Lipinski definition) is 4. The van der Waals surface area contributed by atoms with Gasteiger partial charge in [0.25, 0.3) is 0 Å². The molecule has 0 amide bonds. The highest BCUT2D eigenvalue weighted by Crippen LogP contribution is 2.49. The second kappa shape index (κ2) is 8.27. The van der Waals surface area contributed by atoms with Gasteiger partial charge >= 0.3 is 0 Å². The van der Waals surface area contributed by atoms with Crippen molar-refractivity contribution in [3.63, 3.8) is 0 Å². The van der Waals surface area contributed by atoms with Crippen molar-refractivity contribution in [2.45, 2.75) is 41.5 Å². The van der Waals surface area contributed by atoms with E-state index in [1.54, 1.807) is 0 Å². The van der Waals surface area contributed by atoms with Crippen molar-refractivity contribution in [2.24, 2.45) is 0 Å². The van der Waals surface area contributed by atoms with E-state index >= 15 is 0 Å². The second-order valence-corrected chi connectivity index (χ2v) is 9.74. The molecule has 5 rings (SSSR count). The van der Waals surface area contributed by atoms with Crippen molar-refractivity contribution in [3.05, 3.63) is 47.5 Å². The highest BCUT2D eigenvalue weighted by molar-refractivity contribution is 7.99. The maximum Gasteiger partial charge on any atom is 0.0597 e. The van der Waals surface area contributed by atoms with Gasteiger partial charge in [0, 0.05) is 27.9 Å². The smallest absolute Gasteiger partial charge is 0.0597 e. The SMILES string of the molecule is Clc1ccc2c(c1)N(C(CN1CCCC1)CN1CCCC1)c1ccccc1S2. The van der Waals surface area contributed by atoms with Crippen LogP contribution in [0.1, 0.15) is 25.7 Å². The molecule has 0 aromatic heterocycles. The van der Waals surface area contributed by atoms with E-state index in [1.807, 2.05) is 17.8 Å². The van der Waals surface area contributed by atoms with E-state index in [-0.39, 0.29) is 0 Å². The van der Waals surface area contributed by atoms with Gasteiger partial charge in [-0.1, -0.05) is 35.5 Å². The number of rotatable bonds is 5. The van der Waals surface area contributed by atoms with E-state index in [4.69, 9.17) is 11.6 Å². The molecule has 0 atom stereocenters. The summed E-state index contributed by atoms with van der Waals surface area (Å²) >= 11 is 8.33. The average molecular weight is 414 g/mol. The van der Waals surface area contributed by atoms with E-state index in [2.05, 4.69) is 51.1 Å². The molecule has 2 fully saturated rings. The minimum Gasteiger partial charge on any atom is -0.334 e. The van der Waals surface area contributed by atoms with E-state index < -0.39 is 0 Å². The third-order valence-corrected chi connectivity index (χ3v) is 7.59. The number of likely N-dealkylation sites (tertiary alicyclic amines) is 2. The van der Waals surface area contributed by atoms with Gasteiger partial charge in [-0.2, -0.15) is 0 Å². The van der Waals surface area contributed by atoms with Crippen molar-refractivity contribution >= 4 is 34.7 Å². The van der Waals surface area contributed by atoms with Crippen molar-refractivity contribution < 1.29 is 0 Å². The molecule has 3 nitrogen and oxygen atoms in total. The number of anilines is 2. The molecule has 2 aromatic carbocycles. The summed E-state index contributed by atoms with van der Waals surface area (Å²) < 4.78 is 0. The number of fused-ring (bicyclic) bond motifs is 2. The first-order chi connectivity index (χ1) is 13.8. The summed E-state index contributed by atoms with van der Waals surface area (Å²) in [5.41, 5.74) is 2.62. The summed E-state index contributed by atoms with van der Waals surface area (Å²) in [5.74, 6) is 0. The molecule has 0 spiro atoms. The summed E-state index contributed by atoms with van der Waals surface area (Å²) in [4.78, 5) is 10.6. The van der Waals surface area contributed by atoms with Gasteiger partial charge in [0.1, 0.15) is 0 Å². The molecule has 3 heterocycles. The lowest BCUT2D eigenvalue weighted by molar-refractivity contribution is 0.254. The third kappa shape index (κ3) is 3.80. The molecule has 0 unspecified atom stereocenters. The molecular weight excluding hydrogens is 386 g/mol. The fraction of sp³-hybridized carbons (Fsp3) is 0.478. The Bertz CT molecular complexity index is 812. The first-order valence-electron chi connectivity index (χ1n) is 10.6. The van der Waals surface area contributed by atoms with Crippen LogP contribution in [0.15, 0.2) is 52.3 Å². The summed E-state index contributed by atoms with van der Waals surface area (Å²) in [5, 5.41) is 0.824. The molecule has 28 heavy (non-hydrogen) atoms. The van der Waals surface area contributed by atoms with Crippen molar-refractivity contribution in [1.82, 2.24) is 9.80 Å². The molecule has 0 saturated carbocycles. The summed E-state index contributed by atoms with van der Waals surface area (Å²) in [7, 11) is 0. The van der Waals surface area contributed by atoms with Gasteiger partial charge in [0.05, 0.1) is 17.4 Å². The Morgan fingerprint density at radius 1 is 0.786 bits per heavy atom. The Balaban J connectivity index is 1.55. The maximum absolute atomic E-state index is 6.46. The lowest BCUT2D eigenvalue weighted by atomic mass is 10.1. The molecule has 2 aromatic rings. The predicted octanol–water partition coefficient (Wildman–Crippen LogP) is 5.50. The summed E-state index contributed by atoms with van der Waals surface area (Å²) in [6.45, 7) is 7.21. The van der Waals surface area contributed by atoms with Crippen molar-refractivity contribution in [3.8, 4) is 0 Å². The maximum atomic E-state index is 6.46. The molecule has 0 bridgehead atoms. The van der Waals surface area contributed by atoms with Crippen molar-refractivity contribution in [2.75, 3.05) is 44.2 Å². The van der Waals surface area contributed by atoms with Gasteiger partial charge in [-0.15, -0.1) is 0 Å². The largest absolute Gasteiger partial charge is 0.334 e. The Morgan fingerprint density at radius 2 is 1.39 bits per heavy atom. The first-order valence-corrected chi connectivity index (χ1v) is 11.8. The Hall–Kier alpha value is -1.20. The lowest BCUT2D eigenvalue weighted by Crippen LogP contribution is -2.48. The van der Waals surface area contributed by atoms with Crippen LogP contribution in [0.25, 0.3) is 0 Å². The zero-order valence-electron chi connectivity index (χ0n) is 16.3. The van der Waals surface area contributed by atoms with Crippen LogP contribution < -0.4 is 4.90 Å². The summed E-state index contributed by atoms with van der Waals surface area (Å²) in [6, 6.07) is 15.7. The fourth-order valence-corrected chi connectivity index (χ4v) is 6.12. The van der Waals surface area contributed by atoms with E-state index in [1.165, 1.54) is 73.0 Å². The lowest BCUT2D eigenvalue weighted by Gasteiger charge is -2.41. The van der Waals surface area contributed by atoms with Crippen LogP contribution in [0, 0.1) is 0 Å². The summed E-state index contributed by atoms with van der Waals surface area (Å²) in [6.07, 6.45) is 5.35. The molecule has 0 N–H and O–H groups in total. The molecule has 0 radical (unpaired) electrons.